The number of hydrogen-bond acceptors (Lipinski definition) is 8. The van der Waals surface area contributed by atoms with E-state index in [4.69, 9.17) is 20.9 Å². The summed E-state index contributed by atoms with van der Waals surface area (Å²) >= 11 is 1.62. The van der Waals surface area contributed by atoms with E-state index in [0.717, 1.165) is 27.9 Å². The maximum absolute atomic E-state index is 14.1. The van der Waals surface area contributed by atoms with Gasteiger partial charge in [0.05, 0.1) is 29.2 Å². The summed E-state index contributed by atoms with van der Waals surface area (Å²) in [6.45, 7) is 3.51. The summed E-state index contributed by atoms with van der Waals surface area (Å²) in [5.41, 5.74) is 14.7. The summed E-state index contributed by atoms with van der Waals surface area (Å²) in [7, 11) is 0. The van der Waals surface area contributed by atoms with Gasteiger partial charge in [-0.3, -0.25) is 4.79 Å². The molecule has 1 saturated heterocycles. The second-order valence-corrected chi connectivity index (χ2v) is 12.2. The van der Waals surface area contributed by atoms with Crippen LogP contribution in [0.4, 0.5) is 9.59 Å². The van der Waals surface area contributed by atoms with Crippen molar-refractivity contribution in [3.8, 4) is 39.7 Å². The molecule has 46 heavy (non-hydrogen) atoms. The van der Waals surface area contributed by atoms with Crippen molar-refractivity contribution >= 4 is 29.9 Å². The molecular formula is C33H31N7O5S. The standard InChI is InChI=1S/C33H31N7O5S/c1-19-40(29(41)33(2,45-31(35)43)24-6-4-3-5-7-24)27(18-46-19)28-36-16-25(38-28)22-12-8-20(9-13-22)21-10-14-23(15-11-21)26-17-37-32(39-26)44-30(34)42/h3-17,19,27H,18H2,1-2H3,(H2,34,42)(H2,35,43)(H,36,38)(H,37,39)/t19?,27-,33+/m0/s1. The Morgan fingerprint density at radius 3 is 1.98 bits per heavy atom. The smallest absolute Gasteiger partial charge is 0.412 e. The highest BCUT2D eigenvalue weighted by molar-refractivity contribution is 8.00. The first-order valence-electron chi connectivity index (χ1n) is 14.4. The van der Waals surface area contributed by atoms with Gasteiger partial charge in [-0.25, -0.2) is 19.6 Å². The first kappa shape index (κ1) is 30.5. The van der Waals surface area contributed by atoms with Crippen LogP contribution in [0, 0.1) is 0 Å². The predicted molar refractivity (Wildman–Crippen MR) is 173 cm³/mol. The summed E-state index contributed by atoms with van der Waals surface area (Å²) in [6.07, 6.45) is 1.36. The number of thioether (sulfide) groups is 1. The average Bonchev–Trinajstić information content (AvgIpc) is 3.81. The van der Waals surface area contributed by atoms with E-state index in [1.54, 1.807) is 60.2 Å². The third-order valence-electron chi connectivity index (χ3n) is 7.88. The SMILES string of the molecule is CC1SC[C@@H](c2ncc(-c3ccc(-c4ccc(-c5cnc(OC(N)=O)[nH]5)cc4)cc3)[nH]2)N1C(=O)[C@](C)(OC(N)=O)c1ccccc1. The van der Waals surface area contributed by atoms with Gasteiger partial charge in [-0.2, -0.15) is 0 Å². The van der Waals surface area contributed by atoms with Crippen LogP contribution in [0.1, 0.15) is 31.3 Å². The van der Waals surface area contributed by atoms with E-state index >= 15 is 0 Å². The molecule has 0 spiro atoms. The van der Waals surface area contributed by atoms with Gasteiger partial charge in [0.1, 0.15) is 11.9 Å². The zero-order chi connectivity index (χ0) is 32.4. The number of nitrogens with two attached hydrogens (primary N) is 2. The van der Waals surface area contributed by atoms with Gasteiger partial charge in [-0.05, 0) is 36.1 Å². The number of nitrogens with one attached hydrogen (secondary N) is 2. The molecule has 3 heterocycles. The number of imidazole rings is 2. The summed E-state index contributed by atoms with van der Waals surface area (Å²) in [5, 5.41) is -0.185. The highest BCUT2D eigenvalue weighted by atomic mass is 32.2. The number of H-pyrrole nitrogens is 2. The van der Waals surface area contributed by atoms with Gasteiger partial charge in [0, 0.05) is 11.3 Å². The van der Waals surface area contributed by atoms with E-state index in [1.165, 1.54) is 0 Å². The van der Waals surface area contributed by atoms with Crippen LogP contribution < -0.4 is 16.2 Å². The molecule has 3 aromatic carbocycles. The Morgan fingerprint density at radius 1 is 0.826 bits per heavy atom. The van der Waals surface area contributed by atoms with Gasteiger partial charge in [-0.15, -0.1) is 11.8 Å². The number of benzene rings is 3. The van der Waals surface area contributed by atoms with Crippen LogP contribution in [-0.2, 0) is 15.1 Å². The number of rotatable bonds is 8. The Bertz CT molecular complexity index is 1870. The topological polar surface area (TPSA) is 182 Å². The van der Waals surface area contributed by atoms with Crippen molar-refractivity contribution < 1.29 is 23.9 Å². The number of hydrogen-bond donors (Lipinski definition) is 4. The highest BCUT2D eigenvalue weighted by Gasteiger charge is 2.48. The van der Waals surface area contributed by atoms with Crippen LogP contribution in [-0.4, -0.2) is 54.1 Å². The minimum Gasteiger partial charge on any atom is -0.428 e. The van der Waals surface area contributed by atoms with Crippen LogP contribution in [0.2, 0.25) is 0 Å². The Morgan fingerprint density at radius 2 is 1.39 bits per heavy atom. The first-order valence-corrected chi connectivity index (χ1v) is 15.4. The van der Waals surface area contributed by atoms with Crippen molar-refractivity contribution in [2.45, 2.75) is 30.9 Å². The number of primary amides is 2. The molecule has 6 rings (SSSR count). The number of aromatic nitrogens is 4. The number of carbonyl (C=O) groups excluding carboxylic acids is 3. The summed E-state index contributed by atoms with van der Waals surface area (Å²) in [5.74, 6) is 0.881. The molecule has 234 valence electrons. The Kier molecular flexibility index (Phi) is 8.24. The molecule has 3 atom stereocenters. The molecule has 3 amide bonds. The molecule has 0 saturated carbocycles. The van der Waals surface area contributed by atoms with Crippen molar-refractivity contribution in [1.29, 1.82) is 0 Å². The molecule has 1 fully saturated rings. The molecule has 0 aliphatic carbocycles. The first-order chi connectivity index (χ1) is 22.1. The Hall–Kier alpha value is -5.56. The molecule has 1 unspecified atom stereocenters. The monoisotopic (exact) mass is 637 g/mol. The zero-order valence-electron chi connectivity index (χ0n) is 25.0. The normalized spacial score (nSPS) is 17.3. The molecule has 12 nitrogen and oxygen atoms in total. The number of amides is 3. The second-order valence-electron chi connectivity index (χ2n) is 10.8. The lowest BCUT2D eigenvalue weighted by Crippen LogP contribution is -2.50. The fourth-order valence-corrected chi connectivity index (χ4v) is 6.71. The van der Waals surface area contributed by atoms with E-state index in [2.05, 4.69) is 19.9 Å². The van der Waals surface area contributed by atoms with Crippen molar-refractivity contribution in [3.05, 3.63) is 103 Å². The molecule has 13 heteroatoms. The maximum Gasteiger partial charge on any atom is 0.412 e. The minimum absolute atomic E-state index is 0.0346. The zero-order valence-corrected chi connectivity index (χ0v) is 25.8. The van der Waals surface area contributed by atoms with Gasteiger partial charge in [0.2, 0.25) is 5.60 Å². The summed E-state index contributed by atoms with van der Waals surface area (Å²) < 4.78 is 10.3. The van der Waals surface area contributed by atoms with Gasteiger partial charge < -0.3 is 35.8 Å². The Balaban J connectivity index is 1.19. The molecule has 0 bridgehead atoms. The molecule has 1 aliphatic rings. The van der Waals surface area contributed by atoms with E-state index in [0.29, 0.717) is 22.8 Å². The largest absolute Gasteiger partial charge is 0.428 e. The van der Waals surface area contributed by atoms with Crippen LogP contribution in [0.25, 0.3) is 33.6 Å². The van der Waals surface area contributed by atoms with Crippen molar-refractivity contribution in [2.24, 2.45) is 11.5 Å². The highest BCUT2D eigenvalue weighted by Crippen LogP contribution is 2.42. The Labute approximate surface area is 268 Å². The maximum atomic E-state index is 14.1. The van der Waals surface area contributed by atoms with Crippen molar-refractivity contribution in [3.63, 3.8) is 0 Å². The van der Waals surface area contributed by atoms with Gasteiger partial charge >= 0.3 is 18.2 Å². The third kappa shape index (κ3) is 6.04. The molecule has 2 aromatic heterocycles. The van der Waals surface area contributed by atoms with Gasteiger partial charge in [-0.1, -0.05) is 78.9 Å². The predicted octanol–water partition coefficient (Wildman–Crippen LogP) is 5.56. The molecule has 1 aliphatic heterocycles. The van der Waals surface area contributed by atoms with Crippen molar-refractivity contribution in [2.75, 3.05) is 5.75 Å². The lowest BCUT2D eigenvalue weighted by atomic mass is 9.93. The van der Waals surface area contributed by atoms with Crippen molar-refractivity contribution in [1.82, 2.24) is 24.8 Å². The minimum atomic E-state index is -1.60. The van der Waals surface area contributed by atoms with E-state index in [1.807, 2.05) is 61.5 Å². The van der Waals surface area contributed by atoms with E-state index < -0.39 is 17.8 Å². The lowest BCUT2D eigenvalue weighted by molar-refractivity contribution is -0.153. The van der Waals surface area contributed by atoms with E-state index in [9.17, 15) is 14.4 Å². The molecular weight excluding hydrogens is 606 g/mol. The second kappa shape index (κ2) is 12.4. The van der Waals surface area contributed by atoms with Gasteiger partial charge in [0.25, 0.3) is 5.91 Å². The van der Waals surface area contributed by atoms with Crippen LogP contribution in [0.15, 0.2) is 91.3 Å². The molecule has 6 N–H and O–H groups in total. The van der Waals surface area contributed by atoms with Crippen LogP contribution in [0.3, 0.4) is 0 Å². The number of nitrogens with zero attached hydrogens (tertiary/aromatic N) is 3. The summed E-state index contributed by atoms with van der Waals surface area (Å²) in [6, 6.07) is 24.5. The third-order valence-corrected chi connectivity index (χ3v) is 9.10. The van der Waals surface area contributed by atoms with Crippen LogP contribution >= 0.6 is 11.8 Å². The van der Waals surface area contributed by atoms with Gasteiger partial charge in [0.15, 0.2) is 0 Å². The fourth-order valence-electron chi connectivity index (χ4n) is 5.53. The fraction of sp³-hybridized carbons (Fsp3) is 0.182. The van der Waals surface area contributed by atoms with Crippen LogP contribution in [0.5, 0.6) is 6.01 Å². The molecule has 0 radical (unpaired) electrons. The quantitative estimate of drug-likeness (QED) is 0.170. The average molecular weight is 638 g/mol. The number of aromatic amines is 2. The summed E-state index contributed by atoms with van der Waals surface area (Å²) in [4.78, 5) is 53.6. The van der Waals surface area contributed by atoms with E-state index in [-0.39, 0.29) is 23.3 Å². The lowest BCUT2D eigenvalue weighted by Gasteiger charge is -2.36. The number of ether oxygens (including phenoxy) is 2. The molecule has 5 aromatic rings. The number of carbonyl (C=O) groups is 3.